The largest absolute Gasteiger partial charge is 0.394 e. The molecule has 0 radical (unpaired) electrons. The number of aliphatic hydroxyl groups is 1. The number of hydrogen-bond donors (Lipinski definition) is 2. The molecule has 1 amide bonds. The van der Waals surface area contributed by atoms with Gasteiger partial charge in [-0.05, 0) is 37.0 Å². The summed E-state index contributed by atoms with van der Waals surface area (Å²) in [7, 11) is 0. The van der Waals surface area contributed by atoms with Crippen LogP contribution in [0.4, 0.5) is 0 Å². The maximum Gasteiger partial charge on any atom is 0.253 e. The summed E-state index contributed by atoms with van der Waals surface area (Å²) in [5, 5.41) is 13.5. The van der Waals surface area contributed by atoms with E-state index in [0.717, 1.165) is 25.7 Å². The molecular formula is C15H19Cl2NO2. The van der Waals surface area contributed by atoms with Crippen molar-refractivity contribution in [1.82, 2.24) is 5.32 Å². The second-order valence-electron chi connectivity index (χ2n) is 5.72. The summed E-state index contributed by atoms with van der Waals surface area (Å²) in [6.45, 7) is 2.09. The SMILES string of the molecule is CC1CCCC(CO)(NC(=O)c2cc(Cl)ccc2Cl)C1. The van der Waals surface area contributed by atoms with Crippen molar-refractivity contribution in [2.45, 2.75) is 38.1 Å². The highest BCUT2D eigenvalue weighted by atomic mass is 35.5. The van der Waals surface area contributed by atoms with E-state index in [9.17, 15) is 9.90 Å². The predicted molar refractivity (Wildman–Crippen MR) is 81.4 cm³/mol. The van der Waals surface area contributed by atoms with Gasteiger partial charge in [-0.1, -0.05) is 43.0 Å². The number of nitrogens with one attached hydrogen (secondary N) is 1. The van der Waals surface area contributed by atoms with Crippen LogP contribution in [0, 0.1) is 5.92 Å². The van der Waals surface area contributed by atoms with Crippen LogP contribution in [0.5, 0.6) is 0 Å². The van der Waals surface area contributed by atoms with Crippen molar-refractivity contribution in [3.05, 3.63) is 33.8 Å². The van der Waals surface area contributed by atoms with Gasteiger partial charge in [-0.25, -0.2) is 0 Å². The standard InChI is InChI=1S/C15H19Cl2NO2/c1-10-3-2-6-15(8-10,9-19)18-14(20)12-7-11(16)4-5-13(12)17/h4-5,7,10,19H,2-3,6,8-9H2,1H3,(H,18,20). The Morgan fingerprint density at radius 1 is 1.50 bits per heavy atom. The van der Waals surface area contributed by atoms with Gasteiger partial charge >= 0.3 is 0 Å². The number of carbonyl (C=O) groups is 1. The van der Waals surface area contributed by atoms with Crippen molar-refractivity contribution < 1.29 is 9.90 Å². The second-order valence-corrected chi connectivity index (χ2v) is 6.56. The zero-order chi connectivity index (χ0) is 14.8. The monoisotopic (exact) mass is 315 g/mol. The van der Waals surface area contributed by atoms with Gasteiger partial charge in [-0.2, -0.15) is 0 Å². The molecule has 20 heavy (non-hydrogen) atoms. The minimum Gasteiger partial charge on any atom is -0.394 e. The van der Waals surface area contributed by atoms with Gasteiger partial charge in [0, 0.05) is 5.02 Å². The van der Waals surface area contributed by atoms with Gasteiger partial charge in [-0.15, -0.1) is 0 Å². The van der Waals surface area contributed by atoms with Crippen molar-refractivity contribution in [1.29, 1.82) is 0 Å². The molecule has 1 aliphatic rings. The van der Waals surface area contributed by atoms with E-state index in [-0.39, 0.29) is 12.5 Å². The third-order valence-electron chi connectivity index (χ3n) is 3.95. The first-order chi connectivity index (χ1) is 9.46. The molecule has 0 saturated heterocycles. The highest BCUT2D eigenvalue weighted by Gasteiger charge is 2.36. The average molecular weight is 316 g/mol. The zero-order valence-corrected chi connectivity index (χ0v) is 13.0. The number of halogens is 2. The zero-order valence-electron chi connectivity index (χ0n) is 11.5. The molecule has 0 heterocycles. The Kier molecular flexibility index (Phi) is 4.95. The summed E-state index contributed by atoms with van der Waals surface area (Å²) < 4.78 is 0. The third-order valence-corrected chi connectivity index (χ3v) is 4.51. The van der Waals surface area contributed by atoms with Crippen LogP contribution in [0.3, 0.4) is 0 Å². The molecule has 1 aromatic rings. The fourth-order valence-electron chi connectivity index (χ4n) is 2.94. The lowest BCUT2D eigenvalue weighted by Gasteiger charge is -2.39. The molecular weight excluding hydrogens is 297 g/mol. The van der Waals surface area contributed by atoms with Gasteiger partial charge in [0.05, 0.1) is 22.7 Å². The molecule has 2 rings (SSSR count). The summed E-state index contributed by atoms with van der Waals surface area (Å²) in [6, 6.07) is 4.80. The van der Waals surface area contributed by atoms with Crippen molar-refractivity contribution in [2.75, 3.05) is 6.61 Å². The van der Waals surface area contributed by atoms with E-state index < -0.39 is 5.54 Å². The van der Waals surface area contributed by atoms with Crippen LogP contribution in [-0.4, -0.2) is 23.2 Å². The van der Waals surface area contributed by atoms with Crippen LogP contribution in [-0.2, 0) is 0 Å². The number of carbonyl (C=O) groups excluding carboxylic acids is 1. The molecule has 2 N–H and O–H groups in total. The fraction of sp³-hybridized carbons (Fsp3) is 0.533. The van der Waals surface area contributed by atoms with Crippen molar-refractivity contribution >= 4 is 29.1 Å². The summed E-state index contributed by atoms with van der Waals surface area (Å²) >= 11 is 12.0. The molecule has 0 bridgehead atoms. The Morgan fingerprint density at radius 2 is 2.25 bits per heavy atom. The number of hydrogen-bond acceptors (Lipinski definition) is 2. The summed E-state index contributed by atoms with van der Waals surface area (Å²) in [4.78, 5) is 12.4. The maximum atomic E-state index is 12.4. The summed E-state index contributed by atoms with van der Waals surface area (Å²) in [5.74, 6) is 0.215. The van der Waals surface area contributed by atoms with Crippen LogP contribution in [0.2, 0.25) is 10.0 Å². The lowest BCUT2D eigenvalue weighted by molar-refractivity contribution is 0.0697. The van der Waals surface area contributed by atoms with E-state index in [0.29, 0.717) is 21.5 Å². The van der Waals surface area contributed by atoms with Crippen molar-refractivity contribution in [2.24, 2.45) is 5.92 Å². The van der Waals surface area contributed by atoms with Gasteiger partial charge in [0.2, 0.25) is 0 Å². The molecule has 0 aromatic heterocycles. The minimum atomic E-state index is -0.541. The van der Waals surface area contributed by atoms with Crippen LogP contribution >= 0.6 is 23.2 Å². The molecule has 5 heteroatoms. The Hall–Kier alpha value is -0.770. The Balaban J connectivity index is 2.19. The lowest BCUT2D eigenvalue weighted by atomic mass is 9.76. The van der Waals surface area contributed by atoms with E-state index in [2.05, 4.69) is 12.2 Å². The molecule has 1 fully saturated rings. The summed E-state index contributed by atoms with van der Waals surface area (Å²) in [5.41, 5.74) is -0.189. The first-order valence-corrected chi connectivity index (χ1v) is 7.60. The number of amides is 1. The van der Waals surface area contributed by atoms with E-state index in [1.165, 1.54) is 0 Å². The number of benzene rings is 1. The highest BCUT2D eigenvalue weighted by molar-refractivity contribution is 6.35. The van der Waals surface area contributed by atoms with E-state index in [1.807, 2.05) is 0 Å². The predicted octanol–water partition coefficient (Wildman–Crippen LogP) is 3.66. The smallest absolute Gasteiger partial charge is 0.253 e. The first-order valence-electron chi connectivity index (χ1n) is 6.84. The van der Waals surface area contributed by atoms with Crippen LogP contribution in [0.15, 0.2) is 18.2 Å². The van der Waals surface area contributed by atoms with Gasteiger partial charge in [0.15, 0.2) is 0 Å². The summed E-state index contributed by atoms with van der Waals surface area (Å²) in [6.07, 6.45) is 3.71. The fourth-order valence-corrected chi connectivity index (χ4v) is 3.31. The lowest BCUT2D eigenvalue weighted by Crippen LogP contribution is -2.53. The minimum absolute atomic E-state index is 0.0543. The van der Waals surface area contributed by atoms with Crippen LogP contribution in [0.25, 0.3) is 0 Å². The average Bonchev–Trinajstić information content (AvgIpc) is 2.41. The topological polar surface area (TPSA) is 49.3 Å². The van der Waals surface area contributed by atoms with Gasteiger partial charge in [-0.3, -0.25) is 4.79 Å². The molecule has 3 nitrogen and oxygen atoms in total. The highest BCUT2D eigenvalue weighted by Crippen LogP contribution is 2.32. The molecule has 1 saturated carbocycles. The third kappa shape index (κ3) is 3.46. The molecule has 110 valence electrons. The molecule has 0 aliphatic heterocycles. The molecule has 1 aromatic carbocycles. The second kappa shape index (κ2) is 6.33. The van der Waals surface area contributed by atoms with Gasteiger partial charge < -0.3 is 10.4 Å². The number of rotatable bonds is 3. The van der Waals surface area contributed by atoms with Crippen LogP contribution < -0.4 is 5.32 Å². The molecule has 0 spiro atoms. The maximum absolute atomic E-state index is 12.4. The van der Waals surface area contributed by atoms with Gasteiger partial charge in [0.1, 0.15) is 0 Å². The number of aliphatic hydroxyl groups excluding tert-OH is 1. The first kappa shape index (κ1) is 15.6. The Bertz CT molecular complexity index is 507. The van der Waals surface area contributed by atoms with Gasteiger partial charge in [0.25, 0.3) is 5.91 Å². The van der Waals surface area contributed by atoms with Crippen LogP contribution in [0.1, 0.15) is 43.0 Å². The normalized spacial score (nSPS) is 26.3. The van der Waals surface area contributed by atoms with E-state index in [1.54, 1.807) is 18.2 Å². The molecule has 2 atom stereocenters. The van der Waals surface area contributed by atoms with Crippen molar-refractivity contribution in [3.8, 4) is 0 Å². The molecule has 1 aliphatic carbocycles. The van der Waals surface area contributed by atoms with E-state index >= 15 is 0 Å². The van der Waals surface area contributed by atoms with Crippen molar-refractivity contribution in [3.63, 3.8) is 0 Å². The molecule has 2 unspecified atom stereocenters. The Morgan fingerprint density at radius 3 is 2.90 bits per heavy atom. The quantitative estimate of drug-likeness (QED) is 0.894. The Labute approximate surface area is 129 Å². The van der Waals surface area contributed by atoms with E-state index in [4.69, 9.17) is 23.2 Å².